The van der Waals surface area contributed by atoms with Gasteiger partial charge in [-0.1, -0.05) is 31.9 Å². The summed E-state index contributed by atoms with van der Waals surface area (Å²) in [5.74, 6) is 0. The van der Waals surface area contributed by atoms with Crippen LogP contribution in [0.2, 0.25) is 0 Å². The smallest absolute Gasteiger partial charge is 0.0995 e. The molecule has 0 saturated carbocycles. The summed E-state index contributed by atoms with van der Waals surface area (Å²) in [6.07, 6.45) is 11.6. The fourth-order valence-electron chi connectivity index (χ4n) is 4.51. The number of hydrogen-bond donors (Lipinski definition) is 0. The molecule has 0 bridgehead atoms. The van der Waals surface area contributed by atoms with Crippen molar-refractivity contribution in [3.63, 3.8) is 0 Å². The van der Waals surface area contributed by atoms with Crippen molar-refractivity contribution >= 4 is 16.4 Å². The molecule has 1 aliphatic rings. The van der Waals surface area contributed by atoms with Crippen LogP contribution in [0.3, 0.4) is 0 Å². The van der Waals surface area contributed by atoms with E-state index in [1.54, 1.807) is 0 Å². The first kappa shape index (κ1) is 16.6. The lowest BCUT2D eigenvalue weighted by Gasteiger charge is -2.26. The van der Waals surface area contributed by atoms with Gasteiger partial charge in [0.1, 0.15) is 0 Å². The number of aromatic nitrogens is 2. The predicted molar refractivity (Wildman–Crippen MR) is 105 cm³/mol. The average Bonchev–Trinajstić information content (AvgIpc) is 2.97. The van der Waals surface area contributed by atoms with Crippen molar-refractivity contribution < 1.29 is 0 Å². The minimum Gasteiger partial charge on any atom is -0.303 e. The van der Waals surface area contributed by atoms with E-state index in [1.807, 2.05) is 12.5 Å². The maximum atomic E-state index is 4.45. The normalized spacial score (nSPS) is 16.1. The molecule has 3 aromatic rings. The Hall–Kier alpha value is -1.87. The average molecular weight is 335 g/mol. The molecule has 1 aromatic carbocycles. The van der Waals surface area contributed by atoms with Gasteiger partial charge in [-0.3, -0.25) is 4.40 Å². The molecular weight excluding hydrogens is 306 g/mol. The first-order valence-electron chi connectivity index (χ1n) is 9.87. The monoisotopic (exact) mass is 335 g/mol. The summed E-state index contributed by atoms with van der Waals surface area (Å²) in [7, 11) is 0. The van der Waals surface area contributed by atoms with Crippen molar-refractivity contribution in [2.75, 3.05) is 19.6 Å². The van der Waals surface area contributed by atoms with Crippen molar-refractivity contribution in [3.8, 4) is 0 Å². The molecule has 0 unspecified atom stereocenters. The third-order valence-electron chi connectivity index (χ3n) is 5.69. The highest BCUT2D eigenvalue weighted by atomic mass is 15.1. The lowest BCUT2D eigenvalue weighted by Crippen LogP contribution is -2.31. The van der Waals surface area contributed by atoms with Crippen LogP contribution in [0.4, 0.5) is 0 Å². The third kappa shape index (κ3) is 3.06. The SMILES string of the molecule is CCCc1cccc2c1c(CCN1CCCCC1)c1c(C)cncn12. The van der Waals surface area contributed by atoms with Gasteiger partial charge in [-0.25, -0.2) is 4.98 Å². The second-order valence-electron chi connectivity index (χ2n) is 7.49. The number of rotatable bonds is 5. The van der Waals surface area contributed by atoms with E-state index in [1.165, 1.54) is 78.4 Å². The van der Waals surface area contributed by atoms with Crippen molar-refractivity contribution in [1.82, 2.24) is 14.3 Å². The molecule has 0 radical (unpaired) electrons. The number of nitrogens with zero attached hydrogens (tertiary/aromatic N) is 3. The van der Waals surface area contributed by atoms with Crippen LogP contribution in [0.1, 0.15) is 49.3 Å². The van der Waals surface area contributed by atoms with Crippen molar-refractivity contribution in [1.29, 1.82) is 0 Å². The summed E-state index contributed by atoms with van der Waals surface area (Å²) in [6, 6.07) is 6.78. The topological polar surface area (TPSA) is 20.5 Å². The van der Waals surface area contributed by atoms with Gasteiger partial charge in [0.05, 0.1) is 17.4 Å². The summed E-state index contributed by atoms with van der Waals surface area (Å²) in [5.41, 5.74) is 7.02. The van der Waals surface area contributed by atoms with Gasteiger partial charge >= 0.3 is 0 Å². The van der Waals surface area contributed by atoms with Gasteiger partial charge < -0.3 is 4.90 Å². The lowest BCUT2D eigenvalue weighted by atomic mass is 9.99. The Bertz CT molecular complexity index is 872. The Morgan fingerprint density at radius 2 is 1.92 bits per heavy atom. The molecule has 1 saturated heterocycles. The summed E-state index contributed by atoms with van der Waals surface area (Å²) >= 11 is 0. The maximum absolute atomic E-state index is 4.45. The van der Waals surface area contributed by atoms with Gasteiger partial charge in [0.2, 0.25) is 0 Å². The quantitative estimate of drug-likeness (QED) is 0.669. The highest BCUT2D eigenvalue weighted by Gasteiger charge is 2.18. The lowest BCUT2D eigenvalue weighted by molar-refractivity contribution is 0.232. The highest BCUT2D eigenvalue weighted by Crippen LogP contribution is 2.32. The molecule has 4 rings (SSSR count). The Kier molecular flexibility index (Phi) is 4.76. The van der Waals surface area contributed by atoms with E-state index in [-0.39, 0.29) is 0 Å². The van der Waals surface area contributed by atoms with E-state index >= 15 is 0 Å². The molecule has 132 valence electrons. The summed E-state index contributed by atoms with van der Waals surface area (Å²) in [4.78, 5) is 7.10. The molecule has 3 heteroatoms. The number of aryl methyl sites for hydroxylation is 2. The van der Waals surface area contributed by atoms with Gasteiger partial charge in [-0.15, -0.1) is 0 Å². The van der Waals surface area contributed by atoms with Gasteiger partial charge in [0, 0.05) is 18.1 Å². The van der Waals surface area contributed by atoms with Crippen LogP contribution >= 0.6 is 0 Å². The van der Waals surface area contributed by atoms with Gasteiger partial charge in [-0.2, -0.15) is 0 Å². The number of piperidine rings is 1. The molecule has 0 aliphatic carbocycles. The molecule has 0 N–H and O–H groups in total. The zero-order valence-electron chi connectivity index (χ0n) is 15.6. The van der Waals surface area contributed by atoms with E-state index in [9.17, 15) is 0 Å². The van der Waals surface area contributed by atoms with Crippen molar-refractivity contribution in [2.45, 2.75) is 52.4 Å². The highest BCUT2D eigenvalue weighted by molar-refractivity contribution is 5.95. The van der Waals surface area contributed by atoms with Crippen LogP contribution in [-0.4, -0.2) is 33.9 Å². The molecule has 25 heavy (non-hydrogen) atoms. The Morgan fingerprint density at radius 3 is 2.72 bits per heavy atom. The minimum atomic E-state index is 1.14. The maximum Gasteiger partial charge on any atom is 0.0995 e. The second kappa shape index (κ2) is 7.17. The van der Waals surface area contributed by atoms with Gasteiger partial charge in [-0.05, 0) is 68.5 Å². The molecule has 1 fully saturated rings. The standard InChI is InChI=1S/C22H29N3/c1-3-8-18-9-7-10-20-21(18)19(11-14-24-12-5-4-6-13-24)22-17(2)15-23-16-25(20)22/h7,9-10,15-16H,3-6,8,11-14H2,1-2H3. The van der Waals surface area contributed by atoms with Crippen LogP contribution in [0.25, 0.3) is 16.4 Å². The molecule has 2 aromatic heterocycles. The van der Waals surface area contributed by atoms with Gasteiger partial charge in [0.15, 0.2) is 0 Å². The molecule has 3 heterocycles. The first-order chi connectivity index (χ1) is 12.3. The fraction of sp³-hybridized carbons (Fsp3) is 0.500. The number of likely N-dealkylation sites (tertiary alicyclic amines) is 1. The molecule has 0 amide bonds. The second-order valence-corrected chi connectivity index (χ2v) is 7.49. The van der Waals surface area contributed by atoms with Crippen LogP contribution in [0, 0.1) is 6.92 Å². The Balaban J connectivity index is 1.83. The molecule has 1 aliphatic heterocycles. The third-order valence-corrected chi connectivity index (χ3v) is 5.69. The largest absolute Gasteiger partial charge is 0.303 e. The zero-order chi connectivity index (χ0) is 17.2. The predicted octanol–water partition coefficient (Wildman–Crippen LogP) is 4.78. The first-order valence-corrected chi connectivity index (χ1v) is 9.87. The van der Waals surface area contributed by atoms with Crippen molar-refractivity contribution in [2.24, 2.45) is 0 Å². The Labute approximate surface area is 150 Å². The number of fused-ring (bicyclic) bond motifs is 3. The number of hydrogen-bond acceptors (Lipinski definition) is 2. The summed E-state index contributed by atoms with van der Waals surface area (Å²) < 4.78 is 2.31. The van der Waals surface area contributed by atoms with Gasteiger partial charge in [0.25, 0.3) is 0 Å². The van der Waals surface area contributed by atoms with Crippen LogP contribution in [-0.2, 0) is 12.8 Å². The van der Waals surface area contributed by atoms with E-state index < -0.39 is 0 Å². The molecule has 0 spiro atoms. The number of benzene rings is 1. The fourth-order valence-corrected chi connectivity index (χ4v) is 4.51. The van der Waals surface area contributed by atoms with E-state index in [0.29, 0.717) is 0 Å². The van der Waals surface area contributed by atoms with E-state index in [0.717, 1.165) is 12.8 Å². The summed E-state index contributed by atoms with van der Waals surface area (Å²) in [5, 5.41) is 1.48. The van der Waals surface area contributed by atoms with E-state index in [4.69, 9.17) is 0 Å². The Morgan fingerprint density at radius 1 is 1.08 bits per heavy atom. The molecule has 3 nitrogen and oxygen atoms in total. The van der Waals surface area contributed by atoms with Crippen molar-refractivity contribution in [3.05, 3.63) is 47.4 Å². The minimum absolute atomic E-state index is 1.14. The summed E-state index contributed by atoms with van der Waals surface area (Å²) in [6.45, 7) is 8.19. The van der Waals surface area contributed by atoms with E-state index in [2.05, 4.69) is 46.3 Å². The van der Waals surface area contributed by atoms with Crippen LogP contribution in [0.5, 0.6) is 0 Å². The zero-order valence-corrected chi connectivity index (χ0v) is 15.6. The molecule has 0 atom stereocenters. The molecular formula is C22H29N3. The van der Waals surface area contributed by atoms with Crippen LogP contribution in [0.15, 0.2) is 30.7 Å². The van der Waals surface area contributed by atoms with Crippen LogP contribution < -0.4 is 0 Å².